The highest BCUT2D eigenvalue weighted by atomic mass is 19.2. The van der Waals surface area contributed by atoms with Crippen LogP contribution in [0.3, 0.4) is 0 Å². The van der Waals surface area contributed by atoms with E-state index < -0.39 is 46.4 Å². The summed E-state index contributed by atoms with van der Waals surface area (Å²) in [4.78, 5) is 11.6. The van der Waals surface area contributed by atoms with Crippen LogP contribution in [0.5, 0.6) is 0 Å². The van der Waals surface area contributed by atoms with Gasteiger partial charge in [0.15, 0.2) is 23.3 Å². The number of carbonyl (C=O) groups is 1. The molecule has 0 atom stereocenters. The lowest BCUT2D eigenvalue weighted by Gasteiger charge is -2.09. The molecule has 0 aliphatic carbocycles. The lowest BCUT2D eigenvalue weighted by Crippen LogP contribution is -2.26. The van der Waals surface area contributed by atoms with E-state index in [-0.39, 0.29) is 6.54 Å². The first-order chi connectivity index (χ1) is 10.3. The molecule has 8 heteroatoms. The van der Waals surface area contributed by atoms with Crippen LogP contribution in [0.25, 0.3) is 0 Å². The molecule has 2 aromatic carbocycles. The Morgan fingerprint density at radius 1 is 0.773 bits per heavy atom. The normalized spacial score (nSPS) is 10.6. The molecular formula is C14H7F6NO. The minimum absolute atomic E-state index is 0.279. The number of benzene rings is 2. The Balaban J connectivity index is 2.25. The molecule has 0 aromatic heterocycles. The van der Waals surface area contributed by atoms with Crippen LogP contribution in [0, 0.1) is 34.9 Å². The van der Waals surface area contributed by atoms with E-state index in [4.69, 9.17) is 0 Å². The number of nitrogens with one attached hydrogen (secondary N) is 1. The molecule has 2 aromatic rings. The minimum atomic E-state index is -2.34. The average molecular weight is 319 g/mol. The van der Waals surface area contributed by atoms with Crippen LogP contribution in [-0.2, 0) is 6.54 Å². The van der Waals surface area contributed by atoms with E-state index in [1.54, 1.807) is 0 Å². The van der Waals surface area contributed by atoms with Gasteiger partial charge in [-0.05, 0) is 17.7 Å². The van der Waals surface area contributed by atoms with Gasteiger partial charge >= 0.3 is 0 Å². The van der Waals surface area contributed by atoms with E-state index in [1.807, 2.05) is 5.32 Å². The van der Waals surface area contributed by atoms with Crippen molar-refractivity contribution in [1.29, 1.82) is 0 Å². The predicted octanol–water partition coefficient (Wildman–Crippen LogP) is 3.45. The van der Waals surface area contributed by atoms with Crippen LogP contribution in [0.1, 0.15) is 15.9 Å². The summed E-state index contributed by atoms with van der Waals surface area (Å²) in [6.07, 6.45) is 0. The summed E-state index contributed by atoms with van der Waals surface area (Å²) in [5.74, 6) is -13.2. The Kier molecular flexibility index (Phi) is 4.39. The Labute approximate surface area is 120 Å². The van der Waals surface area contributed by atoms with Crippen LogP contribution < -0.4 is 5.32 Å². The van der Waals surface area contributed by atoms with Crippen LogP contribution in [-0.4, -0.2) is 5.91 Å². The van der Waals surface area contributed by atoms with Gasteiger partial charge in [0.05, 0.1) is 0 Å². The van der Waals surface area contributed by atoms with Gasteiger partial charge in [0.1, 0.15) is 11.4 Å². The topological polar surface area (TPSA) is 29.1 Å². The van der Waals surface area contributed by atoms with Gasteiger partial charge in [-0.3, -0.25) is 4.79 Å². The Morgan fingerprint density at radius 3 is 1.73 bits per heavy atom. The number of amides is 1. The largest absolute Gasteiger partial charge is 0.348 e. The SMILES string of the molecule is O=C(NCc1ccc(F)cc1)c1c(F)c(F)c(F)c(F)c1F. The molecule has 0 saturated carbocycles. The molecule has 0 fully saturated rings. The van der Waals surface area contributed by atoms with Gasteiger partial charge in [-0.2, -0.15) is 0 Å². The summed E-state index contributed by atoms with van der Waals surface area (Å²) < 4.78 is 78.3. The molecular weight excluding hydrogens is 312 g/mol. The summed E-state index contributed by atoms with van der Waals surface area (Å²) in [6, 6.07) is 4.74. The second-order valence-electron chi connectivity index (χ2n) is 4.25. The molecule has 2 rings (SSSR count). The van der Waals surface area contributed by atoms with Gasteiger partial charge in [0.25, 0.3) is 5.91 Å². The highest BCUT2D eigenvalue weighted by Crippen LogP contribution is 2.22. The Bertz CT molecular complexity index is 700. The molecule has 22 heavy (non-hydrogen) atoms. The van der Waals surface area contributed by atoms with E-state index in [2.05, 4.69) is 0 Å². The Hall–Kier alpha value is -2.51. The predicted molar refractivity (Wildman–Crippen MR) is 63.8 cm³/mol. The molecule has 116 valence electrons. The fourth-order valence-corrected chi connectivity index (χ4v) is 1.68. The first-order valence-corrected chi connectivity index (χ1v) is 5.87. The lowest BCUT2D eigenvalue weighted by molar-refractivity contribution is 0.0939. The highest BCUT2D eigenvalue weighted by Gasteiger charge is 2.29. The molecule has 0 unspecified atom stereocenters. The van der Waals surface area contributed by atoms with E-state index in [0.29, 0.717) is 5.56 Å². The number of hydrogen-bond donors (Lipinski definition) is 1. The summed E-state index contributed by atoms with van der Waals surface area (Å²) in [6.45, 7) is -0.279. The standard InChI is InChI=1S/C14H7F6NO/c15-7-3-1-6(2-4-7)5-21-14(22)8-9(16)11(18)13(20)12(19)10(8)17/h1-4H,5H2,(H,21,22). The summed E-state index contributed by atoms with van der Waals surface area (Å²) in [7, 11) is 0. The summed E-state index contributed by atoms with van der Waals surface area (Å²) in [5.41, 5.74) is -1.20. The van der Waals surface area contributed by atoms with Crippen molar-refractivity contribution in [3.05, 3.63) is 70.3 Å². The van der Waals surface area contributed by atoms with Crippen molar-refractivity contribution in [3.63, 3.8) is 0 Å². The van der Waals surface area contributed by atoms with Crippen molar-refractivity contribution in [1.82, 2.24) is 5.32 Å². The molecule has 0 radical (unpaired) electrons. The molecule has 1 N–H and O–H groups in total. The zero-order valence-corrected chi connectivity index (χ0v) is 10.7. The highest BCUT2D eigenvalue weighted by molar-refractivity contribution is 5.94. The zero-order valence-electron chi connectivity index (χ0n) is 10.7. The molecule has 2 nitrogen and oxygen atoms in total. The van der Waals surface area contributed by atoms with Gasteiger partial charge in [0.2, 0.25) is 5.82 Å². The van der Waals surface area contributed by atoms with Crippen molar-refractivity contribution in [2.24, 2.45) is 0 Å². The zero-order chi connectivity index (χ0) is 16.4. The van der Waals surface area contributed by atoms with Gasteiger partial charge in [-0.1, -0.05) is 12.1 Å². The van der Waals surface area contributed by atoms with Crippen molar-refractivity contribution in [3.8, 4) is 0 Å². The number of rotatable bonds is 3. The molecule has 0 spiro atoms. The van der Waals surface area contributed by atoms with Crippen molar-refractivity contribution in [2.45, 2.75) is 6.54 Å². The third kappa shape index (κ3) is 2.90. The third-order valence-electron chi connectivity index (χ3n) is 2.80. The maximum atomic E-state index is 13.4. The molecule has 0 bridgehead atoms. The maximum Gasteiger partial charge on any atom is 0.257 e. The molecule has 0 heterocycles. The second kappa shape index (κ2) is 6.08. The molecule has 1 amide bonds. The van der Waals surface area contributed by atoms with Crippen molar-refractivity contribution in [2.75, 3.05) is 0 Å². The maximum absolute atomic E-state index is 13.4. The van der Waals surface area contributed by atoms with Crippen LogP contribution >= 0.6 is 0 Å². The van der Waals surface area contributed by atoms with Gasteiger partial charge in [-0.25, -0.2) is 26.3 Å². The fraction of sp³-hybridized carbons (Fsp3) is 0.0714. The van der Waals surface area contributed by atoms with Crippen LogP contribution in [0.15, 0.2) is 24.3 Å². The van der Waals surface area contributed by atoms with Crippen molar-refractivity contribution >= 4 is 5.91 Å². The first kappa shape index (κ1) is 15.9. The van der Waals surface area contributed by atoms with E-state index >= 15 is 0 Å². The Morgan fingerprint density at radius 2 is 1.23 bits per heavy atom. The number of halogens is 6. The van der Waals surface area contributed by atoms with Crippen molar-refractivity contribution < 1.29 is 31.1 Å². The first-order valence-electron chi connectivity index (χ1n) is 5.87. The van der Waals surface area contributed by atoms with E-state index in [0.717, 1.165) is 12.1 Å². The minimum Gasteiger partial charge on any atom is -0.348 e. The number of carbonyl (C=O) groups excluding carboxylic acids is 1. The fourth-order valence-electron chi connectivity index (χ4n) is 1.68. The van der Waals surface area contributed by atoms with Gasteiger partial charge < -0.3 is 5.32 Å². The molecule has 0 saturated heterocycles. The van der Waals surface area contributed by atoms with Crippen LogP contribution in [0.2, 0.25) is 0 Å². The molecule has 0 aliphatic heterocycles. The van der Waals surface area contributed by atoms with Crippen LogP contribution in [0.4, 0.5) is 26.3 Å². The van der Waals surface area contributed by atoms with Gasteiger partial charge in [-0.15, -0.1) is 0 Å². The van der Waals surface area contributed by atoms with E-state index in [9.17, 15) is 31.1 Å². The number of hydrogen-bond acceptors (Lipinski definition) is 1. The second-order valence-corrected chi connectivity index (χ2v) is 4.25. The monoisotopic (exact) mass is 319 g/mol. The smallest absolute Gasteiger partial charge is 0.257 e. The van der Waals surface area contributed by atoms with E-state index in [1.165, 1.54) is 12.1 Å². The molecule has 0 aliphatic rings. The quantitative estimate of drug-likeness (QED) is 0.524. The average Bonchev–Trinajstić information content (AvgIpc) is 2.50. The summed E-state index contributed by atoms with van der Waals surface area (Å²) in [5, 5.41) is 1.99. The third-order valence-corrected chi connectivity index (χ3v) is 2.80. The summed E-state index contributed by atoms with van der Waals surface area (Å²) >= 11 is 0. The van der Waals surface area contributed by atoms with Gasteiger partial charge in [0, 0.05) is 6.54 Å². The lowest BCUT2D eigenvalue weighted by atomic mass is 10.1.